The maximum atomic E-state index is 12.0. The Morgan fingerprint density at radius 2 is 1.42 bits per heavy atom. The first-order chi connectivity index (χ1) is 11.4. The SMILES string of the molecule is FC(F)(F)Oc1ccc(N2CCCCC2)cc1.NC1CCCCC1. The van der Waals surface area contributed by atoms with Crippen LogP contribution in [0.1, 0.15) is 51.4 Å². The quantitative estimate of drug-likeness (QED) is 0.833. The smallest absolute Gasteiger partial charge is 0.406 e. The number of hydrogen-bond acceptors (Lipinski definition) is 3. The van der Waals surface area contributed by atoms with Gasteiger partial charge in [-0.25, -0.2) is 0 Å². The third kappa shape index (κ3) is 6.99. The second-order valence-electron chi connectivity index (χ2n) is 6.49. The van der Waals surface area contributed by atoms with Gasteiger partial charge in [-0.05, 0) is 56.4 Å². The van der Waals surface area contributed by atoms with Crippen molar-refractivity contribution in [2.24, 2.45) is 5.73 Å². The van der Waals surface area contributed by atoms with Gasteiger partial charge in [0, 0.05) is 24.8 Å². The molecular weight excluding hydrogens is 317 g/mol. The first kappa shape index (κ1) is 18.9. The van der Waals surface area contributed by atoms with Crippen molar-refractivity contribution in [2.75, 3.05) is 18.0 Å². The van der Waals surface area contributed by atoms with E-state index < -0.39 is 6.36 Å². The van der Waals surface area contributed by atoms with Crippen molar-refractivity contribution in [3.05, 3.63) is 24.3 Å². The summed E-state index contributed by atoms with van der Waals surface area (Å²) in [6.07, 6.45) is 5.55. The summed E-state index contributed by atoms with van der Waals surface area (Å²) in [7, 11) is 0. The third-order valence-electron chi connectivity index (χ3n) is 4.44. The Labute approximate surface area is 142 Å². The Bertz CT molecular complexity index is 464. The highest BCUT2D eigenvalue weighted by molar-refractivity contribution is 5.49. The van der Waals surface area contributed by atoms with Gasteiger partial charge in [-0.2, -0.15) is 0 Å². The summed E-state index contributed by atoms with van der Waals surface area (Å²) in [5.41, 5.74) is 6.59. The Kier molecular flexibility index (Phi) is 7.21. The maximum Gasteiger partial charge on any atom is 0.573 e. The summed E-state index contributed by atoms with van der Waals surface area (Å²) in [4.78, 5) is 2.18. The van der Waals surface area contributed by atoms with Crippen LogP contribution in [0.25, 0.3) is 0 Å². The predicted molar refractivity (Wildman–Crippen MR) is 90.2 cm³/mol. The van der Waals surface area contributed by atoms with Crippen molar-refractivity contribution in [3.8, 4) is 5.75 Å². The van der Waals surface area contributed by atoms with Gasteiger partial charge in [0.25, 0.3) is 0 Å². The van der Waals surface area contributed by atoms with Crippen molar-refractivity contribution < 1.29 is 17.9 Å². The number of alkyl halides is 3. The topological polar surface area (TPSA) is 38.5 Å². The molecule has 24 heavy (non-hydrogen) atoms. The molecule has 0 amide bonds. The highest BCUT2D eigenvalue weighted by Crippen LogP contribution is 2.26. The molecule has 3 nitrogen and oxygen atoms in total. The number of benzene rings is 1. The van der Waals surface area contributed by atoms with Crippen LogP contribution >= 0.6 is 0 Å². The number of halogens is 3. The van der Waals surface area contributed by atoms with E-state index in [1.807, 2.05) is 0 Å². The standard InChI is InChI=1S/C12H14F3NO.C6H13N/c13-12(14,15)17-11-6-4-10(5-7-11)16-8-2-1-3-9-16;7-6-4-2-1-3-5-6/h4-7H,1-3,8-9H2;6H,1-5,7H2. The number of rotatable bonds is 2. The van der Waals surface area contributed by atoms with E-state index in [0.29, 0.717) is 6.04 Å². The van der Waals surface area contributed by atoms with E-state index in [4.69, 9.17) is 5.73 Å². The van der Waals surface area contributed by atoms with Crippen LogP contribution in [-0.4, -0.2) is 25.5 Å². The largest absolute Gasteiger partial charge is 0.573 e. The molecule has 1 aliphatic carbocycles. The highest BCUT2D eigenvalue weighted by atomic mass is 19.4. The zero-order valence-electron chi connectivity index (χ0n) is 14.0. The van der Waals surface area contributed by atoms with Gasteiger partial charge in [0.1, 0.15) is 5.75 Å². The molecule has 1 heterocycles. The fourth-order valence-corrected chi connectivity index (χ4v) is 3.14. The van der Waals surface area contributed by atoms with E-state index in [1.54, 1.807) is 12.1 Å². The average Bonchev–Trinajstić information content (AvgIpc) is 2.56. The molecule has 0 spiro atoms. The fourth-order valence-electron chi connectivity index (χ4n) is 3.14. The molecule has 1 aliphatic heterocycles. The molecule has 1 saturated carbocycles. The molecule has 136 valence electrons. The molecule has 1 aromatic rings. The summed E-state index contributed by atoms with van der Waals surface area (Å²) in [5, 5.41) is 0. The Morgan fingerprint density at radius 1 is 0.875 bits per heavy atom. The lowest BCUT2D eigenvalue weighted by Gasteiger charge is -2.28. The van der Waals surface area contributed by atoms with Crippen LogP contribution in [0.5, 0.6) is 5.75 Å². The van der Waals surface area contributed by atoms with Crippen LogP contribution in [0.15, 0.2) is 24.3 Å². The molecule has 2 fully saturated rings. The van der Waals surface area contributed by atoms with Crippen molar-refractivity contribution >= 4 is 5.69 Å². The molecule has 0 atom stereocenters. The van der Waals surface area contributed by atoms with Gasteiger partial charge in [0.2, 0.25) is 0 Å². The van der Waals surface area contributed by atoms with Crippen molar-refractivity contribution in [1.82, 2.24) is 0 Å². The summed E-state index contributed by atoms with van der Waals surface area (Å²) in [6.45, 7) is 1.94. The molecule has 0 bridgehead atoms. The number of anilines is 1. The lowest BCUT2D eigenvalue weighted by atomic mass is 9.97. The van der Waals surface area contributed by atoms with Crippen molar-refractivity contribution in [1.29, 1.82) is 0 Å². The molecule has 1 saturated heterocycles. The van der Waals surface area contributed by atoms with Crippen molar-refractivity contribution in [2.45, 2.75) is 63.8 Å². The number of nitrogens with two attached hydrogens (primary N) is 1. The monoisotopic (exact) mass is 344 g/mol. The van der Waals surface area contributed by atoms with E-state index in [2.05, 4.69) is 9.64 Å². The number of piperidine rings is 1. The molecule has 0 radical (unpaired) electrons. The second-order valence-corrected chi connectivity index (χ2v) is 6.49. The van der Waals surface area contributed by atoms with Crippen LogP contribution in [-0.2, 0) is 0 Å². The van der Waals surface area contributed by atoms with E-state index >= 15 is 0 Å². The van der Waals surface area contributed by atoms with Crippen LogP contribution in [0.4, 0.5) is 18.9 Å². The molecule has 0 unspecified atom stereocenters. The summed E-state index contributed by atoms with van der Waals surface area (Å²) >= 11 is 0. The second kappa shape index (κ2) is 9.16. The van der Waals surface area contributed by atoms with E-state index in [1.165, 1.54) is 50.7 Å². The summed E-state index contributed by atoms with van der Waals surface area (Å²) in [6, 6.07) is 6.60. The minimum atomic E-state index is -4.62. The van der Waals surface area contributed by atoms with Gasteiger partial charge in [-0.3, -0.25) is 0 Å². The number of hydrogen-bond donors (Lipinski definition) is 1. The van der Waals surface area contributed by atoms with Crippen LogP contribution in [0, 0.1) is 0 Å². The Morgan fingerprint density at radius 3 is 1.88 bits per heavy atom. The normalized spacial score (nSPS) is 19.4. The van der Waals surface area contributed by atoms with Gasteiger partial charge in [-0.1, -0.05) is 19.3 Å². The highest BCUT2D eigenvalue weighted by Gasteiger charge is 2.31. The fraction of sp³-hybridized carbons (Fsp3) is 0.667. The van der Waals surface area contributed by atoms with Gasteiger partial charge in [0.15, 0.2) is 0 Å². The summed E-state index contributed by atoms with van der Waals surface area (Å²) < 4.78 is 39.7. The predicted octanol–water partition coefficient (Wildman–Crippen LogP) is 4.85. The minimum Gasteiger partial charge on any atom is -0.406 e. The van der Waals surface area contributed by atoms with E-state index in [9.17, 15) is 13.2 Å². The molecule has 2 aliphatic rings. The minimum absolute atomic E-state index is 0.168. The first-order valence-corrected chi connectivity index (χ1v) is 8.80. The zero-order valence-corrected chi connectivity index (χ0v) is 14.0. The average molecular weight is 344 g/mol. The molecule has 6 heteroatoms. The van der Waals surface area contributed by atoms with E-state index in [-0.39, 0.29) is 5.75 Å². The first-order valence-electron chi connectivity index (χ1n) is 8.80. The number of ether oxygens (including phenoxy) is 1. The van der Waals surface area contributed by atoms with Crippen LogP contribution in [0.2, 0.25) is 0 Å². The summed E-state index contributed by atoms with van der Waals surface area (Å²) in [5.74, 6) is -0.168. The lowest BCUT2D eigenvalue weighted by Crippen LogP contribution is -2.29. The number of nitrogens with zero attached hydrogens (tertiary/aromatic N) is 1. The van der Waals surface area contributed by atoms with Gasteiger partial charge >= 0.3 is 6.36 Å². The third-order valence-corrected chi connectivity index (χ3v) is 4.44. The molecule has 3 rings (SSSR count). The van der Waals surface area contributed by atoms with Crippen LogP contribution < -0.4 is 15.4 Å². The van der Waals surface area contributed by atoms with Crippen molar-refractivity contribution in [3.63, 3.8) is 0 Å². The van der Waals surface area contributed by atoms with Gasteiger partial charge < -0.3 is 15.4 Å². The Hall–Kier alpha value is -1.43. The van der Waals surface area contributed by atoms with Gasteiger partial charge in [0.05, 0.1) is 0 Å². The lowest BCUT2D eigenvalue weighted by molar-refractivity contribution is -0.274. The molecule has 2 N–H and O–H groups in total. The molecule has 0 aromatic heterocycles. The Balaban J connectivity index is 0.000000249. The molecule has 1 aromatic carbocycles. The maximum absolute atomic E-state index is 12.0. The van der Waals surface area contributed by atoms with E-state index in [0.717, 1.165) is 31.6 Å². The van der Waals surface area contributed by atoms with Gasteiger partial charge in [-0.15, -0.1) is 13.2 Å². The molecular formula is C18H27F3N2O. The zero-order chi connectivity index (χ0) is 17.4. The van der Waals surface area contributed by atoms with Crippen LogP contribution in [0.3, 0.4) is 0 Å².